The zero-order valence-corrected chi connectivity index (χ0v) is 13.3. The minimum atomic E-state index is -0.202. The number of carbonyl (C=O) groups is 1. The van der Waals surface area contributed by atoms with Crippen molar-refractivity contribution in [3.05, 3.63) is 34.9 Å². The van der Waals surface area contributed by atoms with Crippen LogP contribution in [0.2, 0.25) is 5.02 Å². The predicted octanol–water partition coefficient (Wildman–Crippen LogP) is 2.60. The molecule has 0 aliphatic heterocycles. The first-order chi connectivity index (χ1) is 9.52. The molecule has 0 unspecified atom stereocenters. The van der Waals surface area contributed by atoms with E-state index in [0.717, 1.165) is 10.6 Å². The van der Waals surface area contributed by atoms with Crippen LogP contribution in [0, 0.1) is 0 Å². The van der Waals surface area contributed by atoms with Crippen LogP contribution < -0.4 is 5.32 Å². The van der Waals surface area contributed by atoms with E-state index in [1.807, 2.05) is 36.2 Å². The Kier molecular flexibility index (Phi) is 7.33. The number of nitrogens with zero attached hydrogens (tertiary/aromatic N) is 1. The van der Waals surface area contributed by atoms with E-state index in [-0.39, 0.29) is 5.97 Å². The van der Waals surface area contributed by atoms with Gasteiger partial charge in [0.25, 0.3) is 0 Å². The molecule has 1 aromatic carbocycles. The molecule has 1 N–H and O–H groups in total. The van der Waals surface area contributed by atoms with Crippen molar-refractivity contribution < 1.29 is 9.53 Å². The highest BCUT2D eigenvalue weighted by atomic mass is 35.5. The highest BCUT2D eigenvalue weighted by Gasteiger charge is 2.05. The van der Waals surface area contributed by atoms with Gasteiger partial charge in [0.05, 0.1) is 7.11 Å². The second-order valence-corrected chi connectivity index (χ2v) is 5.22. The molecule has 110 valence electrons. The first-order valence-electron chi connectivity index (χ1n) is 6.33. The van der Waals surface area contributed by atoms with Crippen molar-refractivity contribution >= 4 is 34.9 Å². The largest absolute Gasteiger partial charge is 0.469 e. The SMILES string of the molecule is COC(=O)CCCNC(=S)N(C)Cc1ccc(Cl)cc1. The molecule has 6 heteroatoms. The van der Waals surface area contributed by atoms with Gasteiger partial charge in [0, 0.05) is 31.6 Å². The van der Waals surface area contributed by atoms with Gasteiger partial charge in [0.1, 0.15) is 0 Å². The van der Waals surface area contributed by atoms with Crippen molar-refractivity contribution in [2.75, 3.05) is 20.7 Å². The first kappa shape index (κ1) is 16.7. The number of hydrogen-bond acceptors (Lipinski definition) is 3. The Balaban J connectivity index is 2.28. The lowest BCUT2D eigenvalue weighted by atomic mass is 10.2. The van der Waals surface area contributed by atoms with Gasteiger partial charge in [-0.1, -0.05) is 23.7 Å². The van der Waals surface area contributed by atoms with E-state index >= 15 is 0 Å². The third-order valence-corrected chi connectivity index (χ3v) is 3.45. The maximum Gasteiger partial charge on any atom is 0.305 e. The molecular weight excluding hydrogens is 296 g/mol. The molecule has 0 aliphatic rings. The molecule has 0 spiro atoms. The fourth-order valence-corrected chi connectivity index (χ4v) is 1.89. The number of rotatable bonds is 6. The van der Waals surface area contributed by atoms with Crippen LogP contribution in [0.3, 0.4) is 0 Å². The molecule has 0 fully saturated rings. The van der Waals surface area contributed by atoms with Crippen LogP contribution >= 0.6 is 23.8 Å². The molecule has 0 atom stereocenters. The molecular formula is C14H19ClN2O2S. The van der Waals surface area contributed by atoms with Gasteiger partial charge in [0.2, 0.25) is 0 Å². The van der Waals surface area contributed by atoms with Gasteiger partial charge in [-0.2, -0.15) is 0 Å². The van der Waals surface area contributed by atoms with Gasteiger partial charge >= 0.3 is 5.97 Å². The summed E-state index contributed by atoms with van der Waals surface area (Å²) in [7, 11) is 3.31. The maximum atomic E-state index is 11.0. The standard InChI is InChI=1S/C14H19ClN2O2S/c1-17(10-11-5-7-12(15)8-6-11)14(20)16-9-3-4-13(18)19-2/h5-8H,3-4,9-10H2,1-2H3,(H,16,20). The van der Waals surface area contributed by atoms with Crippen LogP contribution in [0.1, 0.15) is 18.4 Å². The summed E-state index contributed by atoms with van der Waals surface area (Å²) in [5.74, 6) is -0.202. The zero-order valence-electron chi connectivity index (χ0n) is 11.7. The Bertz CT molecular complexity index is 451. The van der Waals surface area contributed by atoms with E-state index < -0.39 is 0 Å². The summed E-state index contributed by atoms with van der Waals surface area (Å²) in [6.07, 6.45) is 1.09. The minimum absolute atomic E-state index is 0.202. The quantitative estimate of drug-likeness (QED) is 0.496. The van der Waals surface area contributed by atoms with Gasteiger partial charge in [-0.25, -0.2) is 0 Å². The molecule has 0 aliphatic carbocycles. The van der Waals surface area contributed by atoms with Crippen LogP contribution in [0.5, 0.6) is 0 Å². The fraction of sp³-hybridized carbons (Fsp3) is 0.429. The minimum Gasteiger partial charge on any atom is -0.469 e. The molecule has 0 heterocycles. The van der Waals surface area contributed by atoms with Crippen LogP contribution in [0.15, 0.2) is 24.3 Å². The smallest absolute Gasteiger partial charge is 0.305 e. The third-order valence-electron chi connectivity index (χ3n) is 2.74. The molecule has 0 saturated heterocycles. The van der Waals surface area contributed by atoms with Crippen molar-refractivity contribution in [3.8, 4) is 0 Å². The Hall–Kier alpha value is -1.33. The van der Waals surface area contributed by atoms with Gasteiger partial charge in [-0.05, 0) is 36.3 Å². The Morgan fingerprint density at radius 2 is 2.05 bits per heavy atom. The van der Waals surface area contributed by atoms with Crippen molar-refractivity contribution in [1.82, 2.24) is 10.2 Å². The first-order valence-corrected chi connectivity index (χ1v) is 7.11. The van der Waals surface area contributed by atoms with Gasteiger partial charge in [-0.3, -0.25) is 4.79 Å². The molecule has 20 heavy (non-hydrogen) atoms. The Morgan fingerprint density at radius 3 is 2.65 bits per heavy atom. The molecule has 4 nitrogen and oxygen atoms in total. The fourth-order valence-electron chi connectivity index (χ4n) is 1.60. The third kappa shape index (κ3) is 6.21. The number of halogens is 1. The lowest BCUT2D eigenvalue weighted by Gasteiger charge is -2.21. The van der Waals surface area contributed by atoms with E-state index in [4.69, 9.17) is 23.8 Å². The van der Waals surface area contributed by atoms with Crippen molar-refractivity contribution in [2.24, 2.45) is 0 Å². The molecule has 0 bridgehead atoms. The summed E-state index contributed by atoms with van der Waals surface area (Å²) < 4.78 is 4.57. The number of carbonyl (C=O) groups excluding carboxylic acids is 1. The van der Waals surface area contributed by atoms with E-state index in [2.05, 4.69) is 10.1 Å². The Labute approximate surface area is 130 Å². The summed E-state index contributed by atoms with van der Waals surface area (Å²) in [6.45, 7) is 1.36. The van der Waals surface area contributed by atoms with Crippen molar-refractivity contribution in [3.63, 3.8) is 0 Å². The highest BCUT2D eigenvalue weighted by Crippen LogP contribution is 2.10. The number of thiocarbonyl (C=S) groups is 1. The maximum absolute atomic E-state index is 11.0. The number of hydrogen-bond donors (Lipinski definition) is 1. The second-order valence-electron chi connectivity index (χ2n) is 4.39. The summed E-state index contributed by atoms with van der Waals surface area (Å²) in [6, 6.07) is 7.66. The average Bonchev–Trinajstić information content (AvgIpc) is 2.45. The van der Waals surface area contributed by atoms with Gasteiger partial charge in [-0.15, -0.1) is 0 Å². The molecule has 0 aromatic heterocycles. The highest BCUT2D eigenvalue weighted by molar-refractivity contribution is 7.80. The van der Waals surface area contributed by atoms with E-state index in [1.54, 1.807) is 0 Å². The second kappa shape index (κ2) is 8.76. The van der Waals surface area contributed by atoms with E-state index in [1.165, 1.54) is 7.11 Å². The summed E-state index contributed by atoms with van der Waals surface area (Å²) >= 11 is 11.1. The van der Waals surface area contributed by atoms with Crippen LogP contribution in [-0.4, -0.2) is 36.7 Å². The molecule has 0 amide bonds. The lowest BCUT2D eigenvalue weighted by molar-refractivity contribution is -0.140. The van der Waals surface area contributed by atoms with Crippen molar-refractivity contribution in [2.45, 2.75) is 19.4 Å². The number of ether oxygens (including phenoxy) is 1. The average molecular weight is 315 g/mol. The number of nitrogens with one attached hydrogen (secondary N) is 1. The molecule has 0 radical (unpaired) electrons. The van der Waals surface area contributed by atoms with Crippen LogP contribution in [0.25, 0.3) is 0 Å². The molecule has 1 aromatic rings. The molecule has 0 saturated carbocycles. The van der Waals surface area contributed by atoms with Crippen LogP contribution in [0.4, 0.5) is 0 Å². The van der Waals surface area contributed by atoms with Gasteiger partial charge < -0.3 is 15.0 Å². The van der Waals surface area contributed by atoms with E-state index in [0.29, 0.717) is 31.0 Å². The lowest BCUT2D eigenvalue weighted by Crippen LogP contribution is -2.37. The summed E-state index contributed by atoms with van der Waals surface area (Å²) in [4.78, 5) is 12.9. The monoisotopic (exact) mass is 314 g/mol. The zero-order chi connectivity index (χ0) is 15.0. The van der Waals surface area contributed by atoms with Crippen LogP contribution in [-0.2, 0) is 16.1 Å². The number of methoxy groups -OCH3 is 1. The Morgan fingerprint density at radius 1 is 1.40 bits per heavy atom. The van der Waals surface area contributed by atoms with E-state index in [9.17, 15) is 4.79 Å². The number of benzene rings is 1. The topological polar surface area (TPSA) is 41.6 Å². The van der Waals surface area contributed by atoms with Gasteiger partial charge in [0.15, 0.2) is 5.11 Å². The predicted molar refractivity (Wildman–Crippen MR) is 84.8 cm³/mol. The number of esters is 1. The summed E-state index contributed by atoms with van der Waals surface area (Å²) in [5, 5.41) is 4.50. The normalized spacial score (nSPS) is 9.95. The summed E-state index contributed by atoms with van der Waals surface area (Å²) in [5.41, 5.74) is 1.13. The van der Waals surface area contributed by atoms with Crippen molar-refractivity contribution in [1.29, 1.82) is 0 Å². The molecule has 1 rings (SSSR count).